The van der Waals surface area contributed by atoms with Crippen molar-refractivity contribution in [3.63, 3.8) is 0 Å². The summed E-state index contributed by atoms with van der Waals surface area (Å²) in [6.07, 6.45) is 0.936. The lowest BCUT2D eigenvalue weighted by molar-refractivity contribution is -0.123. The van der Waals surface area contributed by atoms with Gasteiger partial charge in [-0.2, -0.15) is 0 Å². The first-order valence-corrected chi connectivity index (χ1v) is 12.3. The summed E-state index contributed by atoms with van der Waals surface area (Å²) in [5.74, 6) is 1.32. The van der Waals surface area contributed by atoms with Gasteiger partial charge in [0.15, 0.2) is 0 Å². The highest BCUT2D eigenvalue weighted by molar-refractivity contribution is 9.12. The van der Waals surface area contributed by atoms with Crippen LogP contribution in [-0.2, 0) is 9.59 Å². The van der Waals surface area contributed by atoms with Gasteiger partial charge >= 0.3 is 0 Å². The molecule has 6 atom stereocenters. The molecule has 3 fully saturated rings. The smallest absolute Gasteiger partial charge is 0.238 e. The molecule has 4 nitrogen and oxygen atoms in total. The van der Waals surface area contributed by atoms with E-state index in [0.29, 0.717) is 11.4 Å². The molecule has 2 saturated carbocycles. The monoisotopic (exact) mass is 539 g/mol. The summed E-state index contributed by atoms with van der Waals surface area (Å²) in [5, 5.41) is 2.27. The van der Waals surface area contributed by atoms with E-state index in [9.17, 15) is 9.59 Å². The van der Waals surface area contributed by atoms with Crippen LogP contribution in [-0.4, -0.2) is 21.5 Å². The minimum absolute atomic E-state index is 0.0606. The topological polar surface area (TPSA) is 46.6 Å². The minimum Gasteiger partial charge on any atom is -0.457 e. The molecule has 1 saturated heterocycles. The van der Waals surface area contributed by atoms with Gasteiger partial charge in [-0.3, -0.25) is 14.5 Å². The lowest BCUT2D eigenvalue weighted by Gasteiger charge is -2.28. The van der Waals surface area contributed by atoms with Crippen molar-refractivity contribution in [1.29, 1.82) is 0 Å². The Bertz CT molecular complexity index is 1180. The number of carbonyl (C=O) groups excluding carboxylic acids is 2. The van der Waals surface area contributed by atoms with Gasteiger partial charge in [0.05, 0.1) is 17.5 Å². The van der Waals surface area contributed by atoms with Gasteiger partial charge in [-0.1, -0.05) is 62.2 Å². The zero-order valence-corrected chi connectivity index (χ0v) is 19.6. The molecule has 0 spiro atoms. The maximum atomic E-state index is 13.2. The first-order chi connectivity index (χ1) is 15.0. The van der Waals surface area contributed by atoms with Crippen LogP contribution in [0.15, 0.2) is 66.7 Å². The Morgan fingerprint density at radius 1 is 0.742 bits per heavy atom. The van der Waals surface area contributed by atoms with Crippen LogP contribution in [0.4, 0.5) is 5.69 Å². The Morgan fingerprint density at radius 3 is 1.97 bits per heavy atom. The van der Waals surface area contributed by atoms with Crippen LogP contribution in [0.5, 0.6) is 11.5 Å². The number of anilines is 1. The average Bonchev–Trinajstić information content (AvgIpc) is 3.39. The fourth-order valence-corrected chi connectivity index (χ4v) is 7.51. The molecular formula is C25H19Br2NO3. The summed E-state index contributed by atoms with van der Waals surface area (Å²) < 4.78 is 6.00. The summed E-state index contributed by atoms with van der Waals surface area (Å²) >= 11 is 7.46. The van der Waals surface area contributed by atoms with Crippen molar-refractivity contribution in [1.82, 2.24) is 0 Å². The van der Waals surface area contributed by atoms with Gasteiger partial charge in [0.1, 0.15) is 11.5 Å². The fourth-order valence-electron chi connectivity index (χ4n) is 5.63. The predicted octanol–water partition coefficient (Wildman–Crippen LogP) is 5.91. The Labute approximate surface area is 196 Å². The second-order valence-corrected chi connectivity index (χ2v) is 10.7. The Hall–Kier alpha value is -2.18. The van der Waals surface area contributed by atoms with Crippen molar-refractivity contribution in [2.75, 3.05) is 4.90 Å². The molecule has 0 radical (unpaired) electrons. The maximum absolute atomic E-state index is 13.2. The van der Waals surface area contributed by atoms with Crippen molar-refractivity contribution < 1.29 is 14.3 Å². The number of alkyl halides is 2. The van der Waals surface area contributed by atoms with Crippen molar-refractivity contribution in [3.05, 3.63) is 66.7 Å². The number of carbonyl (C=O) groups is 2. The van der Waals surface area contributed by atoms with E-state index in [4.69, 9.17) is 4.74 Å². The molecule has 0 aromatic heterocycles. The molecule has 6 rings (SSSR count). The fraction of sp³-hybridized carbons (Fsp3) is 0.280. The van der Waals surface area contributed by atoms with Crippen LogP contribution in [0.25, 0.3) is 10.8 Å². The lowest BCUT2D eigenvalue weighted by Crippen LogP contribution is -2.37. The van der Waals surface area contributed by atoms with Crippen LogP contribution in [0.3, 0.4) is 0 Å². The second-order valence-electron chi connectivity index (χ2n) is 8.62. The summed E-state index contributed by atoms with van der Waals surface area (Å²) in [5.41, 5.74) is 0.618. The third kappa shape index (κ3) is 2.91. The standard InChI is InChI=1S/C25H19Br2NO3/c26-22-18-12-19(23(22)27)21-20(18)24(29)28(25(21)30)15-6-9-16(10-7-15)31-17-8-5-13-3-1-2-4-14(13)11-17/h1-11,18-23H,12H2/t18-,19-,20-,21+,22-,23+/m1/s1. The number of fused-ring (bicyclic) bond motifs is 6. The number of rotatable bonds is 3. The third-order valence-corrected chi connectivity index (χ3v) is 10.2. The van der Waals surface area contributed by atoms with Gasteiger partial charge in [0.25, 0.3) is 0 Å². The molecule has 3 aromatic carbocycles. The van der Waals surface area contributed by atoms with E-state index in [2.05, 4.69) is 44.0 Å². The Kier molecular flexibility index (Phi) is 4.51. The van der Waals surface area contributed by atoms with Crippen LogP contribution in [0.2, 0.25) is 0 Å². The molecule has 2 bridgehead atoms. The lowest BCUT2D eigenvalue weighted by atomic mass is 9.81. The minimum atomic E-state index is -0.204. The first kappa shape index (κ1) is 19.5. The number of hydrogen-bond acceptors (Lipinski definition) is 3. The largest absolute Gasteiger partial charge is 0.457 e. The van der Waals surface area contributed by atoms with Crippen LogP contribution in [0.1, 0.15) is 6.42 Å². The summed E-state index contributed by atoms with van der Waals surface area (Å²) in [7, 11) is 0. The number of imide groups is 1. The normalized spacial score (nSPS) is 31.5. The second kappa shape index (κ2) is 7.17. The molecule has 2 amide bonds. The van der Waals surface area contributed by atoms with Gasteiger partial charge in [-0.05, 0) is 65.4 Å². The highest BCUT2D eigenvalue weighted by Gasteiger charge is 2.66. The van der Waals surface area contributed by atoms with E-state index in [0.717, 1.165) is 22.9 Å². The van der Waals surface area contributed by atoms with Gasteiger partial charge in [-0.15, -0.1) is 0 Å². The Morgan fingerprint density at radius 2 is 1.32 bits per heavy atom. The molecule has 1 heterocycles. The Balaban J connectivity index is 1.24. The number of amides is 2. The molecular weight excluding hydrogens is 522 g/mol. The van der Waals surface area contributed by atoms with Gasteiger partial charge in [0.2, 0.25) is 11.8 Å². The number of nitrogens with zero attached hydrogens (tertiary/aromatic N) is 1. The van der Waals surface area contributed by atoms with Crippen LogP contribution >= 0.6 is 31.9 Å². The zero-order chi connectivity index (χ0) is 21.3. The molecule has 1 aliphatic heterocycles. The van der Waals surface area contributed by atoms with Crippen molar-refractivity contribution >= 4 is 60.1 Å². The van der Waals surface area contributed by atoms with E-state index >= 15 is 0 Å². The van der Waals surface area contributed by atoms with E-state index < -0.39 is 0 Å². The average molecular weight is 541 g/mol. The SMILES string of the molecule is O=C1[C@@H]2[C@H]3C[C@@H]([C@H](Br)[C@@H]3Br)[C@@H]2C(=O)N1c1ccc(Oc2ccc3ccccc3c2)cc1. The molecule has 0 N–H and O–H groups in total. The van der Waals surface area contributed by atoms with Gasteiger partial charge in [-0.25, -0.2) is 0 Å². The number of ether oxygens (including phenoxy) is 1. The van der Waals surface area contributed by atoms with Crippen LogP contribution in [0, 0.1) is 23.7 Å². The predicted molar refractivity (Wildman–Crippen MR) is 127 cm³/mol. The third-order valence-electron chi connectivity index (χ3n) is 7.04. The molecule has 2 aliphatic carbocycles. The maximum Gasteiger partial charge on any atom is 0.238 e. The number of halogens is 2. The molecule has 0 unspecified atom stereocenters. The summed E-state index contributed by atoms with van der Waals surface area (Å²) in [4.78, 5) is 28.2. The summed E-state index contributed by atoms with van der Waals surface area (Å²) in [6.45, 7) is 0. The van der Waals surface area contributed by atoms with Crippen molar-refractivity contribution in [3.8, 4) is 11.5 Å². The highest BCUT2D eigenvalue weighted by atomic mass is 79.9. The van der Waals surface area contributed by atoms with E-state index in [-0.39, 0.29) is 45.1 Å². The quantitative estimate of drug-likeness (QED) is 0.306. The molecule has 3 aliphatic rings. The zero-order valence-electron chi connectivity index (χ0n) is 16.4. The highest BCUT2D eigenvalue weighted by Crippen LogP contribution is 2.60. The van der Waals surface area contributed by atoms with E-state index in [1.54, 1.807) is 12.1 Å². The van der Waals surface area contributed by atoms with E-state index in [1.807, 2.05) is 42.5 Å². The van der Waals surface area contributed by atoms with Gasteiger partial charge in [0, 0.05) is 9.65 Å². The molecule has 3 aromatic rings. The number of benzene rings is 3. The molecule has 156 valence electrons. The first-order valence-electron chi connectivity index (χ1n) is 10.5. The van der Waals surface area contributed by atoms with Crippen LogP contribution < -0.4 is 9.64 Å². The van der Waals surface area contributed by atoms with Crippen molar-refractivity contribution in [2.24, 2.45) is 23.7 Å². The van der Waals surface area contributed by atoms with Crippen molar-refractivity contribution in [2.45, 2.75) is 16.1 Å². The molecule has 6 heteroatoms. The number of hydrogen-bond donors (Lipinski definition) is 0. The summed E-state index contributed by atoms with van der Waals surface area (Å²) in [6, 6.07) is 21.3. The van der Waals surface area contributed by atoms with E-state index in [1.165, 1.54) is 4.90 Å². The molecule has 31 heavy (non-hydrogen) atoms. The van der Waals surface area contributed by atoms with Gasteiger partial charge < -0.3 is 4.74 Å².